The van der Waals surface area contributed by atoms with E-state index < -0.39 is 0 Å². The van der Waals surface area contributed by atoms with Crippen LogP contribution in [-0.4, -0.2) is 7.11 Å². The van der Waals surface area contributed by atoms with E-state index in [1.54, 1.807) is 7.11 Å². The summed E-state index contributed by atoms with van der Waals surface area (Å²) in [6.07, 6.45) is 0. The predicted octanol–water partition coefficient (Wildman–Crippen LogP) is 5.00. The van der Waals surface area contributed by atoms with E-state index in [4.69, 9.17) is 4.74 Å². The van der Waals surface area contributed by atoms with E-state index in [2.05, 4.69) is 67.3 Å². The molecule has 0 saturated heterocycles. The maximum Gasteiger partial charge on any atom is 0.119 e. The normalized spacial score (nSPS) is 11.5. The monoisotopic (exact) mass is 286 g/mol. The molecule has 0 aliphatic rings. The van der Waals surface area contributed by atoms with Gasteiger partial charge in [0.05, 0.1) is 7.11 Å². The topological polar surface area (TPSA) is 9.23 Å². The highest BCUT2D eigenvalue weighted by molar-refractivity contribution is 5.85. The highest BCUT2D eigenvalue weighted by atomic mass is 16.5. The molecule has 0 bridgehead atoms. The lowest BCUT2D eigenvalue weighted by Crippen LogP contribution is -1.88. The maximum atomic E-state index is 5.25. The first kappa shape index (κ1) is 14.2. The number of fused-ring (bicyclic) bond motifs is 1. The van der Waals surface area contributed by atoms with Crippen LogP contribution in [0.4, 0.5) is 0 Å². The molecule has 0 aliphatic carbocycles. The van der Waals surface area contributed by atoms with Crippen molar-refractivity contribution in [3.8, 4) is 17.6 Å². The quantitative estimate of drug-likeness (QED) is 0.602. The van der Waals surface area contributed by atoms with Crippen LogP contribution in [0.15, 0.2) is 66.7 Å². The van der Waals surface area contributed by atoms with Gasteiger partial charge in [0.15, 0.2) is 0 Å². The Morgan fingerprint density at radius 3 is 2.36 bits per heavy atom. The van der Waals surface area contributed by atoms with Crippen LogP contribution in [0.2, 0.25) is 0 Å². The predicted molar refractivity (Wildman–Crippen MR) is 92.2 cm³/mol. The molecule has 22 heavy (non-hydrogen) atoms. The van der Waals surface area contributed by atoms with Crippen molar-refractivity contribution >= 4 is 10.8 Å². The van der Waals surface area contributed by atoms with Gasteiger partial charge in [-0.15, -0.1) is 0 Å². The zero-order valence-electron chi connectivity index (χ0n) is 12.8. The van der Waals surface area contributed by atoms with Crippen molar-refractivity contribution in [2.45, 2.75) is 12.8 Å². The summed E-state index contributed by atoms with van der Waals surface area (Å²) in [6.45, 7) is 2.13. The van der Waals surface area contributed by atoms with E-state index in [0.29, 0.717) is 0 Å². The molecule has 0 unspecified atom stereocenters. The van der Waals surface area contributed by atoms with Crippen LogP contribution in [0.5, 0.6) is 5.75 Å². The van der Waals surface area contributed by atoms with Gasteiger partial charge >= 0.3 is 0 Å². The average Bonchev–Trinajstić information content (AvgIpc) is 2.59. The number of rotatable bonds is 2. The maximum absolute atomic E-state index is 5.25. The molecule has 0 aliphatic heterocycles. The molecule has 108 valence electrons. The summed E-state index contributed by atoms with van der Waals surface area (Å²) in [6, 6.07) is 22.7. The molecular weight excluding hydrogens is 268 g/mol. The van der Waals surface area contributed by atoms with Gasteiger partial charge in [0.2, 0.25) is 0 Å². The minimum absolute atomic E-state index is 0.229. The van der Waals surface area contributed by atoms with Gasteiger partial charge in [0.1, 0.15) is 5.75 Å². The molecule has 0 spiro atoms. The molecule has 3 aromatic carbocycles. The second-order valence-corrected chi connectivity index (χ2v) is 5.33. The molecule has 3 aromatic rings. The lowest BCUT2D eigenvalue weighted by molar-refractivity contribution is 0.415. The molecule has 3 rings (SSSR count). The van der Waals surface area contributed by atoms with E-state index in [9.17, 15) is 0 Å². The molecular formula is C21H18O. The van der Waals surface area contributed by atoms with Crippen molar-refractivity contribution in [2.24, 2.45) is 0 Å². The summed E-state index contributed by atoms with van der Waals surface area (Å²) in [5, 5.41) is 2.35. The Kier molecular flexibility index (Phi) is 4.12. The van der Waals surface area contributed by atoms with E-state index in [0.717, 1.165) is 11.3 Å². The Hall–Kier alpha value is -2.72. The van der Waals surface area contributed by atoms with E-state index >= 15 is 0 Å². The fourth-order valence-corrected chi connectivity index (χ4v) is 2.45. The summed E-state index contributed by atoms with van der Waals surface area (Å²) in [7, 11) is 1.69. The highest BCUT2D eigenvalue weighted by Crippen LogP contribution is 2.22. The first-order chi connectivity index (χ1) is 10.8. The van der Waals surface area contributed by atoms with Crippen molar-refractivity contribution in [2.75, 3.05) is 7.11 Å². The molecule has 1 heteroatoms. The Balaban J connectivity index is 1.87. The summed E-state index contributed by atoms with van der Waals surface area (Å²) < 4.78 is 5.25. The number of methoxy groups -OCH3 is 1. The summed E-state index contributed by atoms with van der Waals surface area (Å²) in [5.74, 6) is 7.72. The molecule has 1 atom stereocenters. The van der Waals surface area contributed by atoms with Crippen molar-refractivity contribution < 1.29 is 4.74 Å². The van der Waals surface area contributed by atoms with Gasteiger partial charge in [-0.2, -0.15) is 0 Å². The summed E-state index contributed by atoms with van der Waals surface area (Å²) in [5.41, 5.74) is 2.29. The molecule has 0 saturated carbocycles. The van der Waals surface area contributed by atoms with Gasteiger partial charge in [0, 0.05) is 11.5 Å². The van der Waals surface area contributed by atoms with Crippen LogP contribution in [0.3, 0.4) is 0 Å². The van der Waals surface area contributed by atoms with Crippen LogP contribution in [0.1, 0.15) is 24.0 Å². The van der Waals surface area contributed by atoms with Gasteiger partial charge < -0.3 is 4.74 Å². The van der Waals surface area contributed by atoms with Gasteiger partial charge in [0.25, 0.3) is 0 Å². The molecule has 0 aromatic heterocycles. The molecule has 0 amide bonds. The van der Waals surface area contributed by atoms with Crippen molar-refractivity contribution in [1.29, 1.82) is 0 Å². The van der Waals surface area contributed by atoms with Gasteiger partial charge in [-0.1, -0.05) is 54.3 Å². The lowest BCUT2D eigenvalue weighted by atomic mass is 10.0. The van der Waals surface area contributed by atoms with Gasteiger partial charge in [-0.25, -0.2) is 0 Å². The fraction of sp³-hybridized carbons (Fsp3) is 0.143. The zero-order valence-corrected chi connectivity index (χ0v) is 12.8. The average molecular weight is 286 g/mol. The number of hydrogen-bond donors (Lipinski definition) is 0. The fourth-order valence-electron chi connectivity index (χ4n) is 2.45. The third kappa shape index (κ3) is 3.13. The number of benzene rings is 3. The lowest BCUT2D eigenvalue weighted by Gasteiger charge is -2.04. The minimum atomic E-state index is 0.229. The number of ether oxygens (including phenoxy) is 1. The van der Waals surface area contributed by atoms with Crippen LogP contribution in [-0.2, 0) is 0 Å². The minimum Gasteiger partial charge on any atom is -0.497 e. The van der Waals surface area contributed by atoms with E-state index in [-0.39, 0.29) is 5.92 Å². The highest BCUT2D eigenvalue weighted by Gasteiger charge is 2.00. The standard InChI is InChI=1S/C21H18O/c1-16(18-6-4-3-5-7-18)8-9-17-10-11-20-15-21(22-2)13-12-19(20)14-17/h3-7,10-16H,1-2H3/t16-/m0/s1. The Morgan fingerprint density at radius 2 is 1.59 bits per heavy atom. The van der Waals surface area contributed by atoms with Crippen LogP contribution in [0.25, 0.3) is 10.8 Å². The number of hydrogen-bond acceptors (Lipinski definition) is 1. The third-order valence-electron chi connectivity index (χ3n) is 3.78. The zero-order chi connectivity index (χ0) is 15.4. The van der Waals surface area contributed by atoms with Crippen molar-refractivity contribution in [3.63, 3.8) is 0 Å². The second kappa shape index (κ2) is 6.37. The summed E-state index contributed by atoms with van der Waals surface area (Å²) >= 11 is 0. The molecule has 0 heterocycles. The van der Waals surface area contributed by atoms with Crippen molar-refractivity contribution in [3.05, 3.63) is 77.9 Å². The van der Waals surface area contributed by atoms with Gasteiger partial charge in [-0.3, -0.25) is 0 Å². The first-order valence-corrected chi connectivity index (χ1v) is 7.40. The van der Waals surface area contributed by atoms with Crippen molar-refractivity contribution in [1.82, 2.24) is 0 Å². The first-order valence-electron chi connectivity index (χ1n) is 7.40. The van der Waals surface area contributed by atoms with Crippen LogP contribution < -0.4 is 4.74 Å². The second-order valence-electron chi connectivity index (χ2n) is 5.33. The Labute approximate surface area is 131 Å². The Morgan fingerprint density at radius 1 is 0.864 bits per heavy atom. The molecule has 0 fully saturated rings. The molecule has 0 radical (unpaired) electrons. The smallest absolute Gasteiger partial charge is 0.119 e. The van der Waals surface area contributed by atoms with Crippen LogP contribution >= 0.6 is 0 Å². The Bertz CT molecular complexity index is 838. The van der Waals surface area contributed by atoms with Gasteiger partial charge in [-0.05, 0) is 47.5 Å². The molecule has 0 N–H and O–H groups in total. The SMILES string of the molecule is COc1ccc2cc(C#C[C@H](C)c3ccccc3)ccc2c1. The largest absolute Gasteiger partial charge is 0.497 e. The van der Waals surface area contributed by atoms with Crippen LogP contribution in [0, 0.1) is 11.8 Å². The third-order valence-corrected chi connectivity index (χ3v) is 3.78. The van der Waals surface area contributed by atoms with E-state index in [1.165, 1.54) is 16.3 Å². The summed E-state index contributed by atoms with van der Waals surface area (Å²) in [4.78, 5) is 0. The van der Waals surface area contributed by atoms with E-state index in [1.807, 2.05) is 18.2 Å². The molecule has 1 nitrogen and oxygen atoms in total.